The summed E-state index contributed by atoms with van der Waals surface area (Å²) in [5.41, 5.74) is 16.9. The van der Waals surface area contributed by atoms with Crippen molar-refractivity contribution in [2.45, 2.75) is 33.1 Å². The van der Waals surface area contributed by atoms with E-state index in [0.29, 0.717) is 0 Å². The van der Waals surface area contributed by atoms with Gasteiger partial charge in [0.15, 0.2) is 0 Å². The molecule has 0 radical (unpaired) electrons. The van der Waals surface area contributed by atoms with Crippen molar-refractivity contribution < 1.29 is 0 Å². The Balaban J connectivity index is 2.36. The number of nitrogens with two attached hydrogens (primary N) is 2. The first-order chi connectivity index (χ1) is 10.5. The van der Waals surface area contributed by atoms with Crippen LogP contribution < -0.4 is 21.7 Å². The zero-order chi connectivity index (χ0) is 16.2. The Labute approximate surface area is 134 Å². The van der Waals surface area contributed by atoms with Crippen LogP contribution in [0.5, 0.6) is 0 Å². The Morgan fingerprint density at radius 3 is 2.55 bits per heavy atom. The highest BCUT2D eigenvalue weighted by Crippen LogP contribution is 2.39. The average molecular weight is 302 g/mol. The van der Waals surface area contributed by atoms with Gasteiger partial charge in [-0.3, -0.25) is 0 Å². The van der Waals surface area contributed by atoms with Gasteiger partial charge in [0.1, 0.15) is 0 Å². The summed E-state index contributed by atoms with van der Waals surface area (Å²) in [6, 6.07) is 4.06. The molecule has 1 fully saturated rings. The second-order valence-corrected chi connectivity index (χ2v) is 6.53. The molecule has 0 bridgehead atoms. The van der Waals surface area contributed by atoms with E-state index >= 15 is 0 Å². The Morgan fingerprint density at radius 2 is 2.00 bits per heavy atom. The van der Waals surface area contributed by atoms with Crippen LogP contribution in [0.25, 0.3) is 6.08 Å². The molecule has 5 N–H and O–H groups in total. The van der Waals surface area contributed by atoms with Crippen LogP contribution in [0.1, 0.15) is 38.7 Å². The highest BCUT2D eigenvalue weighted by molar-refractivity contribution is 5.86. The third-order valence-corrected chi connectivity index (χ3v) is 4.82. The maximum atomic E-state index is 6.32. The van der Waals surface area contributed by atoms with Gasteiger partial charge < -0.3 is 21.7 Å². The van der Waals surface area contributed by atoms with Crippen molar-refractivity contribution in [3.8, 4) is 0 Å². The Bertz CT molecular complexity index is 528. The first-order valence-electron chi connectivity index (χ1n) is 8.26. The molecule has 1 aromatic rings. The standard InChI is InChI=1S/C18H30N4/c1-4-5-6-14-16(21-3)8-7-15(20)17(14)22-11-9-18(2,13-19)10-12-22/h5-8,21H,4,9-13,19-20H2,1-3H3/b6-5+. The molecule has 0 atom stereocenters. The summed E-state index contributed by atoms with van der Waals surface area (Å²) in [5, 5.41) is 3.29. The highest BCUT2D eigenvalue weighted by Gasteiger charge is 2.30. The number of hydrogen-bond acceptors (Lipinski definition) is 4. The number of allylic oxidation sites excluding steroid dienone is 1. The lowest BCUT2D eigenvalue weighted by Gasteiger charge is -2.41. The zero-order valence-electron chi connectivity index (χ0n) is 14.2. The molecule has 1 heterocycles. The van der Waals surface area contributed by atoms with E-state index in [4.69, 9.17) is 11.5 Å². The molecular weight excluding hydrogens is 272 g/mol. The molecule has 122 valence electrons. The molecule has 0 spiro atoms. The lowest BCUT2D eigenvalue weighted by molar-refractivity contribution is 0.258. The summed E-state index contributed by atoms with van der Waals surface area (Å²) in [6.45, 7) is 7.22. The number of hydrogen-bond donors (Lipinski definition) is 3. The van der Waals surface area contributed by atoms with Crippen LogP contribution >= 0.6 is 0 Å². The van der Waals surface area contributed by atoms with Gasteiger partial charge >= 0.3 is 0 Å². The topological polar surface area (TPSA) is 67.3 Å². The van der Waals surface area contributed by atoms with Crippen molar-refractivity contribution in [3.63, 3.8) is 0 Å². The van der Waals surface area contributed by atoms with Gasteiger partial charge in [0.05, 0.1) is 11.4 Å². The summed E-state index contributed by atoms with van der Waals surface area (Å²) in [6.07, 6.45) is 7.62. The van der Waals surface area contributed by atoms with Crippen LogP contribution in [0, 0.1) is 5.41 Å². The van der Waals surface area contributed by atoms with E-state index in [1.807, 2.05) is 13.1 Å². The Hall–Kier alpha value is -1.68. The van der Waals surface area contributed by atoms with Crippen molar-refractivity contribution in [1.82, 2.24) is 0 Å². The monoisotopic (exact) mass is 302 g/mol. The average Bonchev–Trinajstić information content (AvgIpc) is 2.54. The van der Waals surface area contributed by atoms with Gasteiger partial charge in [0, 0.05) is 31.4 Å². The maximum Gasteiger partial charge on any atom is 0.0694 e. The number of piperidine rings is 1. The van der Waals surface area contributed by atoms with Crippen molar-refractivity contribution in [2.24, 2.45) is 11.1 Å². The normalized spacial score (nSPS) is 17.9. The van der Waals surface area contributed by atoms with Crippen molar-refractivity contribution in [2.75, 3.05) is 42.6 Å². The molecule has 1 aliphatic rings. The Kier molecular flexibility index (Phi) is 5.35. The molecule has 1 aromatic carbocycles. The Morgan fingerprint density at radius 1 is 1.32 bits per heavy atom. The summed E-state index contributed by atoms with van der Waals surface area (Å²) in [7, 11) is 1.96. The van der Waals surface area contributed by atoms with Gasteiger partial charge in [-0.15, -0.1) is 0 Å². The first-order valence-corrected chi connectivity index (χ1v) is 8.26. The molecule has 4 nitrogen and oxygen atoms in total. The van der Waals surface area contributed by atoms with Crippen LogP contribution in [-0.4, -0.2) is 26.7 Å². The maximum absolute atomic E-state index is 6.32. The predicted molar refractivity (Wildman–Crippen MR) is 98.3 cm³/mol. The van der Waals surface area contributed by atoms with Crippen molar-refractivity contribution in [1.29, 1.82) is 0 Å². The summed E-state index contributed by atoms with van der Waals surface area (Å²) >= 11 is 0. The molecule has 1 saturated heterocycles. The van der Waals surface area contributed by atoms with E-state index in [0.717, 1.165) is 56.0 Å². The second-order valence-electron chi connectivity index (χ2n) is 6.53. The largest absolute Gasteiger partial charge is 0.397 e. The van der Waals surface area contributed by atoms with Crippen LogP contribution in [-0.2, 0) is 0 Å². The van der Waals surface area contributed by atoms with Gasteiger partial charge in [-0.25, -0.2) is 0 Å². The van der Waals surface area contributed by atoms with Gasteiger partial charge in [0.2, 0.25) is 0 Å². The van der Waals surface area contributed by atoms with Crippen LogP contribution in [0.15, 0.2) is 18.2 Å². The van der Waals surface area contributed by atoms with Crippen LogP contribution in [0.4, 0.5) is 17.1 Å². The second kappa shape index (κ2) is 7.05. The minimum Gasteiger partial charge on any atom is -0.397 e. The molecule has 0 amide bonds. The van der Waals surface area contributed by atoms with Crippen molar-refractivity contribution >= 4 is 23.1 Å². The van der Waals surface area contributed by atoms with Gasteiger partial charge in [-0.2, -0.15) is 0 Å². The smallest absolute Gasteiger partial charge is 0.0694 e. The SMILES string of the molecule is CC/C=C/c1c(NC)ccc(N)c1N1CCC(C)(CN)CC1. The number of benzene rings is 1. The zero-order valence-corrected chi connectivity index (χ0v) is 14.2. The van der Waals surface area contributed by atoms with Gasteiger partial charge in [-0.1, -0.05) is 26.0 Å². The van der Waals surface area contributed by atoms with E-state index in [-0.39, 0.29) is 5.41 Å². The van der Waals surface area contributed by atoms with Gasteiger partial charge in [0.25, 0.3) is 0 Å². The molecule has 0 unspecified atom stereocenters. The lowest BCUT2D eigenvalue weighted by Crippen LogP contribution is -2.42. The van der Waals surface area contributed by atoms with Gasteiger partial charge in [-0.05, 0) is 43.4 Å². The summed E-state index contributed by atoms with van der Waals surface area (Å²) < 4.78 is 0. The fraction of sp³-hybridized carbons (Fsp3) is 0.556. The molecule has 22 heavy (non-hydrogen) atoms. The molecular formula is C18H30N4. The van der Waals surface area contributed by atoms with E-state index in [1.54, 1.807) is 0 Å². The van der Waals surface area contributed by atoms with E-state index in [1.165, 1.54) is 5.56 Å². The molecule has 2 rings (SSSR count). The third kappa shape index (κ3) is 3.38. The fourth-order valence-electron chi connectivity index (χ4n) is 3.07. The summed E-state index contributed by atoms with van der Waals surface area (Å²) in [5.74, 6) is 0. The number of nitrogen functional groups attached to an aromatic ring is 1. The predicted octanol–water partition coefficient (Wildman–Crippen LogP) is 3.30. The van der Waals surface area contributed by atoms with E-state index in [9.17, 15) is 0 Å². The molecule has 4 heteroatoms. The minimum atomic E-state index is 0.269. The fourth-order valence-corrected chi connectivity index (χ4v) is 3.07. The number of nitrogens with zero attached hydrogens (tertiary/aromatic N) is 1. The molecule has 0 aliphatic carbocycles. The van der Waals surface area contributed by atoms with E-state index < -0.39 is 0 Å². The third-order valence-electron chi connectivity index (χ3n) is 4.82. The minimum absolute atomic E-state index is 0.269. The number of nitrogens with one attached hydrogen (secondary N) is 1. The number of anilines is 3. The van der Waals surface area contributed by atoms with Crippen molar-refractivity contribution in [3.05, 3.63) is 23.8 Å². The van der Waals surface area contributed by atoms with E-state index in [2.05, 4.69) is 42.3 Å². The van der Waals surface area contributed by atoms with Crippen LogP contribution in [0.3, 0.4) is 0 Å². The molecule has 0 aromatic heterocycles. The molecule has 0 saturated carbocycles. The first kappa shape index (κ1) is 16.7. The quantitative estimate of drug-likeness (QED) is 0.730. The number of rotatable bonds is 5. The lowest BCUT2D eigenvalue weighted by atomic mass is 9.80. The van der Waals surface area contributed by atoms with Crippen LogP contribution in [0.2, 0.25) is 0 Å². The molecule has 1 aliphatic heterocycles. The highest BCUT2D eigenvalue weighted by atomic mass is 15.2. The summed E-state index contributed by atoms with van der Waals surface area (Å²) in [4.78, 5) is 2.42.